The minimum Gasteiger partial charge on any atom is -0.298 e. The zero-order chi connectivity index (χ0) is 9.26. The molecule has 0 aromatic carbocycles. The normalized spacial score (nSPS) is 19.4. The van der Waals surface area contributed by atoms with E-state index in [0.29, 0.717) is 24.3 Å². The van der Waals surface area contributed by atoms with Gasteiger partial charge in [-0.3, -0.25) is 9.59 Å². The van der Waals surface area contributed by atoms with Gasteiger partial charge < -0.3 is 0 Å². The van der Waals surface area contributed by atoms with E-state index >= 15 is 0 Å². The van der Waals surface area contributed by atoms with Crippen molar-refractivity contribution in [1.82, 2.24) is 4.98 Å². The second-order valence-electron chi connectivity index (χ2n) is 3.09. The van der Waals surface area contributed by atoms with Crippen molar-refractivity contribution in [2.45, 2.75) is 25.2 Å². The molecule has 0 aliphatic heterocycles. The first-order valence-corrected chi connectivity index (χ1v) is 5.12. The van der Waals surface area contributed by atoms with Crippen LogP contribution in [0.25, 0.3) is 0 Å². The van der Waals surface area contributed by atoms with Crippen molar-refractivity contribution in [1.29, 1.82) is 0 Å². The van der Waals surface area contributed by atoms with Gasteiger partial charge in [-0.2, -0.15) is 0 Å². The molecule has 0 amide bonds. The van der Waals surface area contributed by atoms with Gasteiger partial charge in [0.15, 0.2) is 0 Å². The van der Waals surface area contributed by atoms with E-state index in [-0.39, 0.29) is 11.6 Å². The quantitative estimate of drug-likeness (QED) is 0.639. The molecule has 13 heavy (non-hydrogen) atoms. The SMILES string of the molecule is O=C1CCCC(=O)C1c1nccs1. The maximum Gasteiger partial charge on any atom is 0.150 e. The van der Waals surface area contributed by atoms with Gasteiger partial charge in [0.2, 0.25) is 0 Å². The van der Waals surface area contributed by atoms with Crippen molar-refractivity contribution in [3.05, 3.63) is 16.6 Å². The van der Waals surface area contributed by atoms with E-state index in [1.54, 1.807) is 11.6 Å². The summed E-state index contributed by atoms with van der Waals surface area (Å²) < 4.78 is 0. The predicted octanol–water partition coefficient (Wildman–Crippen LogP) is 1.55. The van der Waals surface area contributed by atoms with E-state index in [1.807, 2.05) is 0 Å². The molecule has 0 saturated heterocycles. The van der Waals surface area contributed by atoms with Crippen LogP contribution in [0.2, 0.25) is 0 Å². The molecule has 0 bridgehead atoms. The maximum atomic E-state index is 11.4. The van der Waals surface area contributed by atoms with Gasteiger partial charge in [-0.15, -0.1) is 11.3 Å². The molecule has 1 fully saturated rings. The van der Waals surface area contributed by atoms with Crippen molar-refractivity contribution in [3.8, 4) is 0 Å². The van der Waals surface area contributed by atoms with E-state index in [1.165, 1.54) is 11.3 Å². The Bertz CT molecular complexity index is 315. The van der Waals surface area contributed by atoms with Gasteiger partial charge >= 0.3 is 0 Å². The third kappa shape index (κ3) is 1.54. The van der Waals surface area contributed by atoms with Gasteiger partial charge in [0.25, 0.3) is 0 Å². The first-order chi connectivity index (χ1) is 6.29. The number of ketones is 2. The monoisotopic (exact) mass is 195 g/mol. The molecule has 68 valence electrons. The minimum absolute atomic E-state index is 0.0335. The van der Waals surface area contributed by atoms with Crippen LogP contribution in [0, 0.1) is 0 Å². The summed E-state index contributed by atoms with van der Waals surface area (Å²) in [5.41, 5.74) is 0. The summed E-state index contributed by atoms with van der Waals surface area (Å²) in [7, 11) is 0. The number of nitrogens with zero attached hydrogens (tertiary/aromatic N) is 1. The molecule has 1 aromatic rings. The van der Waals surface area contributed by atoms with Crippen LogP contribution >= 0.6 is 11.3 Å². The van der Waals surface area contributed by atoms with Gasteiger partial charge in [-0.1, -0.05) is 0 Å². The highest BCUT2D eigenvalue weighted by Crippen LogP contribution is 2.28. The summed E-state index contributed by atoms with van der Waals surface area (Å²) in [5.74, 6) is -0.480. The fourth-order valence-electron chi connectivity index (χ4n) is 1.56. The molecule has 1 aliphatic rings. The Kier molecular flexibility index (Phi) is 2.22. The largest absolute Gasteiger partial charge is 0.298 e. The summed E-state index contributed by atoms with van der Waals surface area (Å²) in [6, 6.07) is 0. The van der Waals surface area contributed by atoms with Gasteiger partial charge in [-0.05, 0) is 6.42 Å². The van der Waals surface area contributed by atoms with Crippen LogP contribution in [0.4, 0.5) is 0 Å². The van der Waals surface area contributed by atoms with Crippen LogP contribution in [0.3, 0.4) is 0 Å². The summed E-state index contributed by atoms with van der Waals surface area (Å²) in [6.45, 7) is 0. The molecule has 0 unspecified atom stereocenters. The molecular weight excluding hydrogens is 186 g/mol. The number of Topliss-reactive ketones (excluding diaryl/α,β-unsaturated/α-hetero) is 2. The smallest absolute Gasteiger partial charge is 0.150 e. The molecule has 0 N–H and O–H groups in total. The van der Waals surface area contributed by atoms with Crippen molar-refractivity contribution in [3.63, 3.8) is 0 Å². The van der Waals surface area contributed by atoms with Crippen molar-refractivity contribution >= 4 is 22.9 Å². The molecule has 1 aliphatic carbocycles. The van der Waals surface area contributed by atoms with E-state index in [2.05, 4.69) is 4.98 Å². The van der Waals surface area contributed by atoms with Crippen LogP contribution < -0.4 is 0 Å². The minimum atomic E-state index is -0.547. The van der Waals surface area contributed by atoms with Crippen LogP contribution in [-0.4, -0.2) is 16.6 Å². The lowest BCUT2D eigenvalue weighted by molar-refractivity contribution is -0.131. The lowest BCUT2D eigenvalue weighted by atomic mass is 9.87. The first kappa shape index (κ1) is 8.56. The van der Waals surface area contributed by atoms with E-state index < -0.39 is 5.92 Å². The topological polar surface area (TPSA) is 47.0 Å². The molecule has 0 radical (unpaired) electrons. The fraction of sp³-hybridized carbons (Fsp3) is 0.444. The number of thiazole rings is 1. The zero-order valence-corrected chi connectivity index (χ0v) is 7.84. The molecule has 1 aromatic heterocycles. The Morgan fingerprint density at radius 1 is 1.31 bits per heavy atom. The van der Waals surface area contributed by atoms with Crippen molar-refractivity contribution in [2.24, 2.45) is 0 Å². The highest BCUT2D eigenvalue weighted by Gasteiger charge is 2.32. The van der Waals surface area contributed by atoms with Gasteiger partial charge in [-0.25, -0.2) is 4.98 Å². The standard InChI is InChI=1S/C9H9NO2S/c11-6-2-1-3-7(12)8(6)9-10-4-5-13-9/h4-5,8H,1-3H2. The lowest BCUT2D eigenvalue weighted by Crippen LogP contribution is -2.26. The van der Waals surface area contributed by atoms with E-state index in [4.69, 9.17) is 0 Å². The maximum absolute atomic E-state index is 11.4. The summed E-state index contributed by atoms with van der Waals surface area (Å²) >= 11 is 1.38. The Labute approximate surface area is 79.8 Å². The van der Waals surface area contributed by atoms with Gasteiger partial charge in [0, 0.05) is 24.4 Å². The first-order valence-electron chi connectivity index (χ1n) is 4.24. The molecular formula is C9H9NO2S. The number of hydrogen-bond donors (Lipinski definition) is 0. The zero-order valence-electron chi connectivity index (χ0n) is 7.03. The molecule has 4 heteroatoms. The summed E-state index contributed by atoms with van der Waals surface area (Å²) in [4.78, 5) is 26.9. The highest BCUT2D eigenvalue weighted by atomic mass is 32.1. The molecule has 0 spiro atoms. The summed E-state index contributed by atoms with van der Waals surface area (Å²) in [5, 5.41) is 2.46. The predicted molar refractivity (Wildman–Crippen MR) is 48.7 cm³/mol. The Balaban J connectivity index is 2.29. The number of hydrogen-bond acceptors (Lipinski definition) is 4. The van der Waals surface area contributed by atoms with Crippen LogP contribution in [0.1, 0.15) is 30.2 Å². The number of aromatic nitrogens is 1. The van der Waals surface area contributed by atoms with E-state index in [9.17, 15) is 9.59 Å². The average Bonchev–Trinajstić information content (AvgIpc) is 2.57. The fourth-order valence-corrected chi connectivity index (χ4v) is 2.34. The second-order valence-corrected chi connectivity index (χ2v) is 4.02. The van der Waals surface area contributed by atoms with E-state index in [0.717, 1.165) is 0 Å². The van der Waals surface area contributed by atoms with Gasteiger partial charge in [0.05, 0.1) is 0 Å². The summed E-state index contributed by atoms with van der Waals surface area (Å²) in [6.07, 6.45) is 3.39. The Morgan fingerprint density at radius 3 is 2.54 bits per heavy atom. The van der Waals surface area contributed by atoms with Crippen LogP contribution in [0.15, 0.2) is 11.6 Å². The number of carbonyl (C=O) groups is 2. The average molecular weight is 195 g/mol. The van der Waals surface area contributed by atoms with Gasteiger partial charge in [0.1, 0.15) is 22.5 Å². The molecule has 1 saturated carbocycles. The van der Waals surface area contributed by atoms with Crippen LogP contribution in [0.5, 0.6) is 0 Å². The third-order valence-corrected chi connectivity index (χ3v) is 3.03. The van der Waals surface area contributed by atoms with Crippen molar-refractivity contribution in [2.75, 3.05) is 0 Å². The Hall–Kier alpha value is -1.03. The van der Waals surface area contributed by atoms with Crippen molar-refractivity contribution < 1.29 is 9.59 Å². The number of rotatable bonds is 1. The Morgan fingerprint density at radius 2 is 2.00 bits per heavy atom. The lowest BCUT2D eigenvalue weighted by Gasteiger charge is -2.16. The third-order valence-electron chi connectivity index (χ3n) is 2.19. The molecule has 3 nitrogen and oxygen atoms in total. The molecule has 0 atom stereocenters. The second kappa shape index (κ2) is 3.38. The van der Waals surface area contributed by atoms with Crippen LogP contribution in [-0.2, 0) is 9.59 Å². The molecule has 2 rings (SSSR count). The molecule has 1 heterocycles. The highest BCUT2D eigenvalue weighted by molar-refractivity contribution is 7.09. The number of carbonyl (C=O) groups excluding carboxylic acids is 2.